The highest BCUT2D eigenvalue weighted by molar-refractivity contribution is 7.22. The predicted molar refractivity (Wildman–Crippen MR) is 89.5 cm³/mol. The van der Waals surface area contributed by atoms with E-state index in [2.05, 4.69) is 41.5 Å². The molecule has 4 heteroatoms. The minimum Gasteiger partial charge on any atom is -0.496 e. The Morgan fingerprint density at radius 2 is 2.05 bits per heavy atom. The molecule has 108 valence electrons. The van der Waals surface area contributed by atoms with Crippen LogP contribution in [0.2, 0.25) is 0 Å². The summed E-state index contributed by atoms with van der Waals surface area (Å²) in [5.74, 6) is 0.944. The predicted octanol–water partition coefficient (Wildman–Crippen LogP) is 4.27. The van der Waals surface area contributed by atoms with Crippen LogP contribution in [0, 0.1) is 6.92 Å². The minimum atomic E-state index is 0.846. The van der Waals surface area contributed by atoms with Gasteiger partial charge in [-0.2, -0.15) is 0 Å². The Balaban J connectivity index is 1.66. The molecule has 3 rings (SSSR count). The van der Waals surface area contributed by atoms with Gasteiger partial charge in [0.1, 0.15) is 5.75 Å². The van der Waals surface area contributed by atoms with Gasteiger partial charge < -0.3 is 10.1 Å². The summed E-state index contributed by atoms with van der Waals surface area (Å²) in [6, 6.07) is 14.5. The van der Waals surface area contributed by atoms with Crippen molar-refractivity contribution >= 4 is 26.7 Å². The second-order valence-electron chi connectivity index (χ2n) is 4.98. The van der Waals surface area contributed by atoms with Crippen LogP contribution in [-0.2, 0) is 6.42 Å². The number of aryl methyl sites for hydroxylation is 1. The zero-order valence-electron chi connectivity index (χ0n) is 12.2. The van der Waals surface area contributed by atoms with Crippen molar-refractivity contribution in [1.29, 1.82) is 0 Å². The smallest absolute Gasteiger partial charge is 0.183 e. The zero-order valence-corrected chi connectivity index (χ0v) is 13.0. The molecule has 2 aromatic carbocycles. The van der Waals surface area contributed by atoms with Crippen LogP contribution in [0.3, 0.4) is 0 Å². The first-order valence-corrected chi connectivity index (χ1v) is 7.81. The number of para-hydroxylation sites is 1. The maximum absolute atomic E-state index is 5.37. The zero-order chi connectivity index (χ0) is 14.7. The molecule has 0 spiro atoms. The molecule has 0 radical (unpaired) electrons. The van der Waals surface area contributed by atoms with Crippen molar-refractivity contribution in [2.45, 2.75) is 13.3 Å². The Kier molecular flexibility index (Phi) is 4.06. The van der Waals surface area contributed by atoms with E-state index < -0.39 is 0 Å². The summed E-state index contributed by atoms with van der Waals surface area (Å²) in [5.41, 5.74) is 3.54. The van der Waals surface area contributed by atoms with E-state index in [1.54, 1.807) is 18.4 Å². The van der Waals surface area contributed by atoms with Crippen LogP contribution in [0.25, 0.3) is 10.2 Å². The van der Waals surface area contributed by atoms with Gasteiger partial charge in [0, 0.05) is 6.54 Å². The third-order valence-corrected chi connectivity index (χ3v) is 4.38. The van der Waals surface area contributed by atoms with Crippen LogP contribution < -0.4 is 10.1 Å². The lowest BCUT2D eigenvalue weighted by atomic mass is 10.1. The number of rotatable bonds is 5. The summed E-state index contributed by atoms with van der Waals surface area (Å²) in [7, 11) is 1.71. The van der Waals surface area contributed by atoms with Gasteiger partial charge in [-0.3, -0.25) is 0 Å². The molecule has 0 fully saturated rings. The number of hydrogen-bond acceptors (Lipinski definition) is 4. The number of anilines is 1. The molecule has 0 saturated heterocycles. The van der Waals surface area contributed by atoms with Crippen molar-refractivity contribution in [2.24, 2.45) is 0 Å². The number of benzene rings is 2. The summed E-state index contributed by atoms with van der Waals surface area (Å²) in [6.07, 6.45) is 0.916. The number of methoxy groups -OCH3 is 1. The fourth-order valence-corrected chi connectivity index (χ4v) is 3.31. The fourth-order valence-electron chi connectivity index (χ4n) is 2.32. The minimum absolute atomic E-state index is 0.846. The molecule has 3 aromatic rings. The number of hydrogen-bond donors (Lipinski definition) is 1. The van der Waals surface area contributed by atoms with Gasteiger partial charge in [-0.15, -0.1) is 0 Å². The maximum atomic E-state index is 5.37. The van der Waals surface area contributed by atoms with Crippen molar-refractivity contribution < 1.29 is 4.74 Å². The van der Waals surface area contributed by atoms with E-state index in [0.29, 0.717) is 0 Å². The molecule has 1 N–H and O–H groups in total. The van der Waals surface area contributed by atoms with Crippen LogP contribution in [-0.4, -0.2) is 18.6 Å². The molecule has 0 aliphatic rings. The van der Waals surface area contributed by atoms with E-state index in [0.717, 1.165) is 29.4 Å². The SMILES string of the molecule is COc1ccccc1CCNc1nc2ccc(C)cc2s1. The number of ether oxygens (including phenoxy) is 1. The second-order valence-corrected chi connectivity index (χ2v) is 6.01. The highest BCUT2D eigenvalue weighted by atomic mass is 32.1. The van der Waals surface area contributed by atoms with Crippen molar-refractivity contribution in [3.63, 3.8) is 0 Å². The van der Waals surface area contributed by atoms with Gasteiger partial charge in [-0.25, -0.2) is 4.98 Å². The molecular formula is C17H18N2OS. The molecular weight excluding hydrogens is 280 g/mol. The maximum Gasteiger partial charge on any atom is 0.183 e. The summed E-state index contributed by atoms with van der Waals surface area (Å²) in [6.45, 7) is 2.95. The molecule has 0 amide bonds. The Bertz CT molecular complexity index is 751. The van der Waals surface area contributed by atoms with Gasteiger partial charge in [0.05, 0.1) is 17.3 Å². The van der Waals surface area contributed by atoms with Gasteiger partial charge in [0.2, 0.25) is 0 Å². The third kappa shape index (κ3) is 3.16. The summed E-state index contributed by atoms with van der Waals surface area (Å²) >= 11 is 1.70. The van der Waals surface area contributed by atoms with Gasteiger partial charge in [0.15, 0.2) is 5.13 Å². The average molecular weight is 298 g/mol. The highest BCUT2D eigenvalue weighted by Gasteiger charge is 2.05. The first kappa shape index (κ1) is 13.9. The third-order valence-electron chi connectivity index (χ3n) is 3.41. The van der Waals surface area contributed by atoms with Gasteiger partial charge >= 0.3 is 0 Å². The Morgan fingerprint density at radius 1 is 1.19 bits per heavy atom. The molecule has 0 atom stereocenters. The number of nitrogens with zero attached hydrogens (tertiary/aromatic N) is 1. The lowest BCUT2D eigenvalue weighted by Crippen LogP contribution is -2.05. The second kappa shape index (κ2) is 6.14. The van der Waals surface area contributed by atoms with Crippen LogP contribution in [0.5, 0.6) is 5.75 Å². The van der Waals surface area contributed by atoms with Gasteiger partial charge in [0.25, 0.3) is 0 Å². The van der Waals surface area contributed by atoms with Crippen molar-refractivity contribution in [3.05, 3.63) is 53.6 Å². The van der Waals surface area contributed by atoms with Crippen LogP contribution in [0.15, 0.2) is 42.5 Å². The van der Waals surface area contributed by atoms with E-state index in [4.69, 9.17) is 4.74 Å². The van der Waals surface area contributed by atoms with E-state index >= 15 is 0 Å². The fraction of sp³-hybridized carbons (Fsp3) is 0.235. The largest absolute Gasteiger partial charge is 0.496 e. The van der Waals surface area contributed by atoms with Crippen LogP contribution in [0.1, 0.15) is 11.1 Å². The topological polar surface area (TPSA) is 34.1 Å². The number of nitrogens with one attached hydrogen (secondary N) is 1. The molecule has 1 aromatic heterocycles. The molecule has 0 unspecified atom stereocenters. The van der Waals surface area contributed by atoms with Gasteiger partial charge in [-0.05, 0) is 42.7 Å². The summed E-state index contributed by atoms with van der Waals surface area (Å²) in [4.78, 5) is 4.60. The first-order chi connectivity index (χ1) is 10.3. The van der Waals surface area contributed by atoms with E-state index in [1.807, 2.05) is 18.2 Å². The Labute approximate surface area is 128 Å². The summed E-state index contributed by atoms with van der Waals surface area (Å²) in [5, 5.41) is 4.38. The Morgan fingerprint density at radius 3 is 2.90 bits per heavy atom. The molecule has 3 nitrogen and oxygen atoms in total. The number of aromatic nitrogens is 1. The van der Waals surface area contributed by atoms with Crippen molar-refractivity contribution in [1.82, 2.24) is 4.98 Å². The van der Waals surface area contributed by atoms with Crippen LogP contribution >= 0.6 is 11.3 Å². The monoisotopic (exact) mass is 298 g/mol. The molecule has 0 bridgehead atoms. The van der Waals surface area contributed by atoms with Crippen molar-refractivity contribution in [3.8, 4) is 5.75 Å². The van der Waals surface area contributed by atoms with E-state index in [1.165, 1.54) is 15.8 Å². The Hall–Kier alpha value is -2.07. The van der Waals surface area contributed by atoms with Gasteiger partial charge in [-0.1, -0.05) is 35.6 Å². The van der Waals surface area contributed by atoms with E-state index in [-0.39, 0.29) is 0 Å². The highest BCUT2D eigenvalue weighted by Crippen LogP contribution is 2.26. The molecule has 0 aliphatic carbocycles. The van der Waals surface area contributed by atoms with E-state index in [9.17, 15) is 0 Å². The normalized spacial score (nSPS) is 10.8. The quantitative estimate of drug-likeness (QED) is 0.764. The molecule has 21 heavy (non-hydrogen) atoms. The number of fused-ring (bicyclic) bond motifs is 1. The molecule has 0 aliphatic heterocycles. The first-order valence-electron chi connectivity index (χ1n) is 6.99. The lowest BCUT2D eigenvalue weighted by molar-refractivity contribution is 0.410. The van der Waals surface area contributed by atoms with Crippen molar-refractivity contribution in [2.75, 3.05) is 19.0 Å². The number of thiazole rings is 1. The average Bonchev–Trinajstić information content (AvgIpc) is 2.89. The molecule has 1 heterocycles. The standard InChI is InChI=1S/C17H18N2OS/c1-12-7-8-14-16(11-12)21-17(19-14)18-10-9-13-5-3-4-6-15(13)20-2/h3-8,11H,9-10H2,1-2H3,(H,18,19). The lowest BCUT2D eigenvalue weighted by Gasteiger charge is -2.08. The molecule has 0 saturated carbocycles. The van der Waals surface area contributed by atoms with Crippen LogP contribution in [0.4, 0.5) is 5.13 Å². The summed E-state index contributed by atoms with van der Waals surface area (Å²) < 4.78 is 6.60.